The predicted octanol–water partition coefficient (Wildman–Crippen LogP) is 1.91. The van der Waals surface area contributed by atoms with Gasteiger partial charge in [-0.3, -0.25) is 9.59 Å². The lowest BCUT2D eigenvalue weighted by atomic mass is 9.91. The van der Waals surface area contributed by atoms with Gasteiger partial charge in [0.05, 0.1) is 18.3 Å². The monoisotopic (exact) mass is 688 g/mol. The normalized spacial score (nSPS) is 22.1. The van der Waals surface area contributed by atoms with E-state index < -0.39 is 72.8 Å². The van der Waals surface area contributed by atoms with Gasteiger partial charge in [-0.25, -0.2) is 9.59 Å². The second kappa shape index (κ2) is 14.9. The summed E-state index contributed by atoms with van der Waals surface area (Å²) in [5, 5.41) is 24.2. The Morgan fingerprint density at radius 1 is 1.06 bits per heavy atom. The van der Waals surface area contributed by atoms with Crippen LogP contribution in [0.1, 0.15) is 40.4 Å². The maximum Gasteiger partial charge on any atom is 0.422 e. The van der Waals surface area contributed by atoms with Gasteiger partial charge >= 0.3 is 18.1 Å². The summed E-state index contributed by atoms with van der Waals surface area (Å²) in [6, 6.07) is 12.2. The highest BCUT2D eigenvalue weighted by Crippen LogP contribution is 2.45. The zero-order valence-electron chi connectivity index (χ0n) is 26.3. The molecule has 15 heteroatoms. The van der Waals surface area contributed by atoms with Gasteiger partial charge < -0.3 is 39.8 Å². The molecule has 0 unspecified atom stereocenters. The Hall–Kier alpha value is -4.57. The fraction of sp³-hybridized carbons (Fsp3) is 0.412. The summed E-state index contributed by atoms with van der Waals surface area (Å²) in [6.07, 6.45) is -4.75. The number of carbonyl (C=O) groups is 4. The third kappa shape index (κ3) is 8.73. The number of alkyl halides is 3. The van der Waals surface area contributed by atoms with Crippen LogP contribution in [-0.2, 0) is 46.2 Å². The molecule has 5 rings (SSSR count). The fourth-order valence-corrected chi connectivity index (χ4v) is 5.98. The maximum atomic E-state index is 13.6. The summed E-state index contributed by atoms with van der Waals surface area (Å²) in [4.78, 5) is 51.5. The van der Waals surface area contributed by atoms with E-state index in [-0.39, 0.29) is 36.3 Å². The molecule has 0 radical (unpaired) electrons. The van der Waals surface area contributed by atoms with E-state index in [1.165, 1.54) is 31.2 Å². The molecule has 3 aliphatic rings. The van der Waals surface area contributed by atoms with Crippen LogP contribution in [0.15, 0.2) is 66.3 Å². The van der Waals surface area contributed by atoms with E-state index in [4.69, 9.17) is 19.3 Å². The van der Waals surface area contributed by atoms with Crippen molar-refractivity contribution in [1.82, 2.24) is 10.6 Å². The molecule has 1 heterocycles. The Bertz CT molecular complexity index is 1610. The van der Waals surface area contributed by atoms with Gasteiger partial charge in [0.15, 0.2) is 12.4 Å². The number of esters is 2. The lowest BCUT2D eigenvalue weighted by molar-refractivity contribution is -0.182. The highest BCUT2D eigenvalue weighted by molar-refractivity contribution is 5.98. The van der Waals surface area contributed by atoms with Crippen LogP contribution in [0.4, 0.5) is 13.2 Å². The van der Waals surface area contributed by atoms with Gasteiger partial charge in [-0.1, -0.05) is 42.5 Å². The Balaban J connectivity index is 1.38. The molecule has 1 saturated heterocycles. The number of rotatable bonds is 11. The highest BCUT2D eigenvalue weighted by Gasteiger charge is 2.55. The number of benzene rings is 2. The zero-order valence-corrected chi connectivity index (χ0v) is 26.3. The summed E-state index contributed by atoms with van der Waals surface area (Å²) in [5.41, 5.74) is 2.24. The maximum absolute atomic E-state index is 13.6. The van der Waals surface area contributed by atoms with Crippen molar-refractivity contribution < 1.29 is 61.5 Å². The lowest BCUT2D eigenvalue weighted by Gasteiger charge is -2.31. The molecule has 0 aromatic heterocycles. The number of hydrogen-bond donors (Lipinski definition) is 4. The van der Waals surface area contributed by atoms with E-state index in [0.29, 0.717) is 12.8 Å². The Labute approximate surface area is 278 Å². The van der Waals surface area contributed by atoms with Crippen LogP contribution in [0.25, 0.3) is 6.08 Å². The van der Waals surface area contributed by atoms with E-state index in [1.807, 2.05) is 24.3 Å². The Morgan fingerprint density at radius 2 is 1.73 bits per heavy atom. The molecule has 4 N–H and O–H groups in total. The van der Waals surface area contributed by atoms with E-state index in [1.54, 1.807) is 6.07 Å². The van der Waals surface area contributed by atoms with Crippen molar-refractivity contribution in [3.8, 4) is 0 Å². The minimum absolute atomic E-state index is 0.0314. The molecule has 0 saturated carbocycles. The standard InChI is InChI=1S/C34H35F3N2O10/c1-19(41)28(31(44)38-12-13-40)39-30(43)23-14-25(29-26(15-23)48-33(49-29)16-21-7-2-3-8-22(21)17-33)47-32(45)24-9-5-4-6-20(24)10-11-27(42)46-18-34(35,36)37/h2-11,15,19,25-26,28-29,40-41H,12-14,16-18H2,1H3,(H,38,44)(H,39,43)/t19-,25+,26+,28+,29-/m0/s1. The van der Waals surface area contributed by atoms with E-state index in [9.17, 15) is 37.5 Å². The van der Waals surface area contributed by atoms with Gasteiger partial charge in [0.25, 0.3) is 0 Å². The number of ether oxygens (including phenoxy) is 4. The molecule has 5 atom stereocenters. The van der Waals surface area contributed by atoms with Gasteiger partial charge in [-0.05, 0) is 41.8 Å². The van der Waals surface area contributed by atoms with Crippen LogP contribution in [-0.4, -0.2) is 96.1 Å². The van der Waals surface area contributed by atoms with Crippen LogP contribution >= 0.6 is 0 Å². The zero-order chi connectivity index (χ0) is 35.3. The topological polar surface area (TPSA) is 170 Å². The third-order valence-corrected chi connectivity index (χ3v) is 8.19. The van der Waals surface area contributed by atoms with Gasteiger partial charge in [-0.15, -0.1) is 0 Å². The number of fused-ring (bicyclic) bond motifs is 2. The molecular weight excluding hydrogens is 653 g/mol. The van der Waals surface area contributed by atoms with Crippen LogP contribution < -0.4 is 10.6 Å². The van der Waals surface area contributed by atoms with Crippen molar-refractivity contribution >= 4 is 29.8 Å². The van der Waals surface area contributed by atoms with E-state index >= 15 is 0 Å². The third-order valence-electron chi connectivity index (χ3n) is 8.19. The van der Waals surface area contributed by atoms with Crippen LogP contribution in [0, 0.1) is 0 Å². The number of hydrogen-bond acceptors (Lipinski definition) is 10. The first-order valence-corrected chi connectivity index (χ1v) is 15.5. The number of aliphatic hydroxyl groups excluding tert-OH is 2. The molecule has 2 amide bonds. The second-order valence-corrected chi connectivity index (χ2v) is 11.9. The number of amides is 2. The number of carbonyl (C=O) groups excluding carboxylic acids is 4. The summed E-state index contributed by atoms with van der Waals surface area (Å²) in [6.45, 7) is -0.898. The first kappa shape index (κ1) is 35.7. The lowest BCUT2D eigenvalue weighted by Crippen LogP contribution is -2.54. The average Bonchev–Trinajstić information content (AvgIpc) is 3.61. The molecule has 2 aliphatic carbocycles. The molecule has 2 aromatic carbocycles. The molecule has 2 aromatic rings. The first-order valence-electron chi connectivity index (χ1n) is 15.5. The Kier molecular flexibility index (Phi) is 10.9. The summed E-state index contributed by atoms with van der Waals surface area (Å²) in [5.74, 6) is -4.69. The van der Waals surface area contributed by atoms with Gasteiger partial charge in [0.1, 0.15) is 24.4 Å². The Morgan fingerprint density at radius 3 is 2.39 bits per heavy atom. The van der Waals surface area contributed by atoms with Gasteiger partial charge in [-0.2, -0.15) is 13.2 Å². The van der Waals surface area contributed by atoms with Crippen LogP contribution in [0.5, 0.6) is 0 Å². The molecule has 1 fully saturated rings. The van der Waals surface area contributed by atoms with Crippen LogP contribution in [0.3, 0.4) is 0 Å². The van der Waals surface area contributed by atoms with Crippen molar-refractivity contribution in [2.45, 2.75) is 68.6 Å². The molecule has 1 spiro atoms. The van der Waals surface area contributed by atoms with E-state index in [0.717, 1.165) is 23.3 Å². The van der Waals surface area contributed by atoms with Crippen molar-refractivity contribution in [2.75, 3.05) is 19.8 Å². The molecule has 262 valence electrons. The molecule has 0 bridgehead atoms. The van der Waals surface area contributed by atoms with Crippen molar-refractivity contribution in [2.24, 2.45) is 0 Å². The van der Waals surface area contributed by atoms with Crippen molar-refractivity contribution in [1.29, 1.82) is 0 Å². The number of halogens is 3. The summed E-state index contributed by atoms with van der Waals surface area (Å²) in [7, 11) is 0. The average molecular weight is 689 g/mol. The largest absolute Gasteiger partial charge is 0.456 e. The fourth-order valence-electron chi connectivity index (χ4n) is 5.98. The SMILES string of the molecule is C[C@H](O)[C@@H](NC(=O)C1=C[C@H]2OC3(Cc4ccccc4C3)O[C@H]2[C@H](OC(=O)c2ccccc2C=CC(=O)OCC(F)(F)F)C1)C(=O)NCCO. The summed E-state index contributed by atoms with van der Waals surface area (Å²) >= 11 is 0. The smallest absolute Gasteiger partial charge is 0.422 e. The summed E-state index contributed by atoms with van der Waals surface area (Å²) < 4.78 is 60.3. The van der Waals surface area contributed by atoms with E-state index in [2.05, 4.69) is 15.4 Å². The molecule has 1 aliphatic heterocycles. The van der Waals surface area contributed by atoms with Crippen molar-refractivity contribution in [3.63, 3.8) is 0 Å². The minimum Gasteiger partial charge on any atom is -0.456 e. The highest BCUT2D eigenvalue weighted by atomic mass is 19.4. The first-order chi connectivity index (χ1) is 23.3. The van der Waals surface area contributed by atoms with Gasteiger partial charge in [0.2, 0.25) is 11.8 Å². The minimum atomic E-state index is -4.71. The quantitative estimate of drug-likeness (QED) is 0.202. The predicted molar refractivity (Wildman–Crippen MR) is 164 cm³/mol. The van der Waals surface area contributed by atoms with Gasteiger partial charge in [0, 0.05) is 37.5 Å². The molecular formula is C34H35F3N2O10. The van der Waals surface area contributed by atoms with Crippen molar-refractivity contribution in [3.05, 3.63) is 88.5 Å². The molecule has 12 nitrogen and oxygen atoms in total. The number of aliphatic hydroxyl groups is 2. The number of nitrogens with one attached hydrogen (secondary N) is 2. The molecule has 49 heavy (non-hydrogen) atoms. The van der Waals surface area contributed by atoms with Crippen LogP contribution in [0.2, 0.25) is 0 Å². The second-order valence-electron chi connectivity index (χ2n) is 11.9.